The number of alkyl halides is 3. The molecule has 4 rings (SSSR count). The Morgan fingerprint density at radius 3 is 2.31 bits per heavy atom. The Bertz CT molecular complexity index is 1390. The summed E-state index contributed by atoms with van der Waals surface area (Å²) in [5.41, 5.74) is 0.198. The van der Waals surface area contributed by atoms with Crippen LogP contribution >= 0.6 is 27.5 Å². The summed E-state index contributed by atoms with van der Waals surface area (Å²) in [4.78, 5) is 38.4. The first-order valence-corrected chi connectivity index (χ1v) is 11.6. The number of nitrogens with zero attached hydrogens (tertiary/aromatic N) is 1. The first-order valence-electron chi connectivity index (χ1n) is 10.4. The maximum Gasteiger partial charge on any atom is 0.416 e. The summed E-state index contributed by atoms with van der Waals surface area (Å²) in [5, 5.41) is 5.10. The molecule has 1 aliphatic rings. The van der Waals surface area contributed by atoms with E-state index in [1.807, 2.05) is 6.07 Å². The summed E-state index contributed by atoms with van der Waals surface area (Å²) in [5.74, 6) is -2.06. The maximum atomic E-state index is 13.1. The van der Waals surface area contributed by atoms with E-state index in [4.69, 9.17) is 11.6 Å². The second-order valence-corrected chi connectivity index (χ2v) is 8.94. The number of carbonyl (C=O) groups is 3. The second kappa shape index (κ2) is 10.2. The van der Waals surface area contributed by atoms with Crippen LogP contribution in [0.3, 0.4) is 0 Å². The standard InChI is InChI=1S/C25H16BrClF3N3O3/c26-18-6-1-2-7-19(18)32-20(34)12-14-8-10-16(11-9-14)31-22-21(27)23(35)33(24(22)36)17-5-3-4-15(13-17)25(28,29)30/h1-11,13,31H,12H2,(H,32,34). The number of nitrogens with one attached hydrogen (secondary N) is 2. The summed E-state index contributed by atoms with van der Waals surface area (Å²) in [6.07, 6.45) is -4.55. The van der Waals surface area contributed by atoms with Crippen LogP contribution in [0, 0.1) is 0 Å². The smallest absolute Gasteiger partial charge is 0.350 e. The molecule has 0 saturated carbocycles. The van der Waals surface area contributed by atoms with Crippen LogP contribution in [0.1, 0.15) is 11.1 Å². The largest absolute Gasteiger partial charge is 0.416 e. The van der Waals surface area contributed by atoms with E-state index in [0.29, 0.717) is 27.9 Å². The molecule has 1 heterocycles. The van der Waals surface area contributed by atoms with Gasteiger partial charge in [0, 0.05) is 10.2 Å². The number of benzene rings is 3. The predicted octanol–water partition coefficient (Wildman–Crippen LogP) is 6.08. The number of para-hydroxylation sites is 1. The van der Waals surface area contributed by atoms with Crippen LogP contribution in [0.2, 0.25) is 0 Å². The minimum atomic E-state index is -4.64. The highest BCUT2D eigenvalue weighted by Gasteiger charge is 2.40. The zero-order valence-electron chi connectivity index (χ0n) is 18.2. The molecular formula is C25H16BrClF3N3O3. The SMILES string of the molecule is O=C(Cc1ccc(NC2=C(Cl)C(=O)N(c3cccc(C(F)(F)F)c3)C2=O)cc1)Nc1ccccc1Br. The van der Waals surface area contributed by atoms with Crippen LogP contribution in [0.25, 0.3) is 0 Å². The normalized spacial score (nSPS) is 13.9. The van der Waals surface area contributed by atoms with Crippen molar-refractivity contribution in [2.24, 2.45) is 0 Å². The Kier molecular flexibility index (Phi) is 7.18. The molecule has 0 atom stereocenters. The number of halogens is 5. The third-order valence-electron chi connectivity index (χ3n) is 5.19. The van der Waals surface area contributed by atoms with Crippen LogP contribution in [0.4, 0.5) is 30.2 Å². The molecule has 6 nitrogen and oxygen atoms in total. The quantitative estimate of drug-likeness (QED) is 0.347. The minimum Gasteiger partial charge on any atom is -0.350 e. The molecule has 0 fully saturated rings. The van der Waals surface area contributed by atoms with E-state index in [9.17, 15) is 27.6 Å². The van der Waals surface area contributed by atoms with Crippen molar-refractivity contribution in [3.63, 3.8) is 0 Å². The number of anilines is 3. The summed E-state index contributed by atoms with van der Waals surface area (Å²) < 4.78 is 39.9. The van der Waals surface area contributed by atoms with Crippen LogP contribution in [0.5, 0.6) is 0 Å². The Morgan fingerprint density at radius 1 is 0.944 bits per heavy atom. The van der Waals surface area contributed by atoms with Gasteiger partial charge in [-0.3, -0.25) is 14.4 Å². The minimum absolute atomic E-state index is 0.0891. The number of rotatable bonds is 6. The molecule has 0 radical (unpaired) electrons. The Balaban J connectivity index is 1.45. The van der Waals surface area contributed by atoms with E-state index in [2.05, 4.69) is 26.6 Å². The molecule has 11 heteroatoms. The highest BCUT2D eigenvalue weighted by atomic mass is 79.9. The van der Waals surface area contributed by atoms with E-state index in [1.54, 1.807) is 42.5 Å². The van der Waals surface area contributed by atoms with E-state index in [0.717, 1.165) is 16.6 Å². The fourth-order valence-corrected chi connectivity index (χ4v) is 4.06. The first-order chi connectivity index (χ1) is 17.0. The van der Waals surface area contributed by atoms with Crippen molar-refractivity contribution in [1.82, 2.24) is 0 Å². The van der Waals surface area contributed by atoms with Crippen molar-refractivity contribution < 1.29 is 27.6 Å². The molecule has 0 bridgehead atoms. The van der Waals surface area contributed by atoms with Gasteiger partial charge in [-0.15, -0.1) is 0 Å². The number of carbonyl (C=O) groups excluding carboxylic acids is 3. The van der Waals surface area contributed by atoms with Gasteiger partial charge in [0.25, 0.3) is 11.8 Å². The summed E-state index contributed by atoms with van der Waals surface area (Å²) in [6, 6.07) is 17.5. The molecule has 2 N–H and O–H groups in total. The lowest BCUT2D eigenvalue weighted by molar-refractivity contribution is -0.137. The lowest BCUT2D eigenvalue weighted by Crippen LogP contribution is -2.32. The topological polar surface area (TPSA) is 78.5 Å². The lowest BCUT2D eigenvalue weighted by atomic mass is 10.1. The van der Waals surface area contributed by atoms with E-state index >= 15 is 0 Å². The molecule has 3 aromatic rings. The van der Waals surface area contributed by atoms with E-state index in [-0.39, 0.29) is 23.7 Å². The molecule has 0 unspecified atom stereocenters. The van der Waals surface area contributed by atoms with Crippen molar-refractivity contribution in [2.75, 3.05) is 15.5 Å². The Hall–Kier alpha value is -3.63. The van der Waals surface area contributed by atoms with Crippen molar-refractivity contribution >= 4 is 62.3 Å². The molecule has 0 saturated heterocycles. The molecule has 3 amide bonds. The van der Waals surface area contributed by atoms with Gasteiger partial charge in [0.2, 0.25) is 5.91 Å². The average molecular weight is 579 g/mol. The lowest BCUT2D eigenvalue weighted by Gasteiger charge is -2.17. The van der Waals surface area contributed by atoms with E-state index < -0.39 is 28.6 Å². The van der Waals surface area contributed by atoms with Crippen molar-refractivity contribution in [2.45, 2.75) is 12.6 Å². The van der Waals surface area contributed by atoms with E-state index in [1.165, 1.54) is 6.07 Å². The molecule has 0 spiro atoms. The molecule has 0 aliphatic carbocycles. The zero-order chi connectivity index (χ0) is 26.0. The van der Waals surface area contributed by atoms with Gasteiger partial charge in [-0.25, -0.2) is 4.90 Å². The third kappa shape index (κ3) is 5.44. The summed E-state index contributed by atoms with van der Waals surface area (Å²) in [7, 11) is 0. The maximum absolute atomic E-state index is 13.1. The number of hydrogen-bond acceptors (Lipinski definition) is 4. The van der Waals surface area contributed by atoms with Gasteiger partial charge in [0.05, 0.1) is 23.4 Å². The van der Waals surface area contributed by atoms with Gasteiger partial charge < -0.3 is 10.6 Å². The Labute approximate surface area is 216 Å². The highest BCUT2D eigenvalue weighted by Crippen LogP contribution is 2.35. The molecule has 36 heavy (non-hydrogen) atoms. The zero-order valence-corrected chi connectivity index (χ0v) is 20.5. The van der Waals surface area contributed by atoms with Gasteiger partial charge in [-0.05, 0) is 64.0 Å². The molecule has 184 valence electrons. The van der Waals surface area contributed by atoms with Gasteiger partial charge in [-0.2, -0.15) is 13.2 Å². The Morgan fingerprint density at radius 2 is 1.64 bits per heavy atom. The average Bonchev–Trinajstić information content (AvgIpc) is 3.04. The number of hydrogen-bond donors (Lipinski definition) is 2. The predicted molar refractivity (Wildman–Crippen MR) is 133 cm³/mol. The molecular weight excluding hydrogens is 563 g/mol. The van der Waals surface area contributed by atoms with Crippen LogP contribution in [-0.2, 0) is 27.0 Å². The summed E-state index contributed by atoms with van der Waals surface area (Å²) >= 11 is 9.43. The summed E-state index contributed by atoms with van der Waals surface area (Å²) in [6.45, 7) is 0. The van der Waals surface area contributed by atoms with Crippen LogP contribution in [-0.4, -0.2) is 17.7 Å². The fraction of sp³-hybridized carbons (Fsp3) is 0.0800. The van der Waals surface area contributed by atoms with Crippen LogP contribution < -0.4 is 15.5 Å². The van der Waals surface area contributed by atoms with Crippen molar-refractivity contribution in [3.8, 4) is 0 Å². The van der Waals surface area contributed by atoms with Crippen LogP contribution in [0.15, 0.2) is 88.0 Å². The first kappa shape index (κ1) is 25.5. The number of amides is 3. The third-order valence-corrected chi connectivity index (χ3v) is 6.24. The fourth-order valence-electron chi connectivity index (χ4n) is 3.46. The monoisotopic (exact) mass is 577 g/mol. The van der Waals surface area contributed by atoms with Gasteiger partial charge >= 0.3 is 6.18 Å². The number of imide groups is 1. The van der Waals surface area contributed by atoms with Gasteiger partial charge in [-0.1, -0.05) is 41.9 Å². The molecule has 0 aromatic heterocycles. The molecule has 3 aromatic carbocycles. The second-order valence-electron chi connectivity index (χ2n) is 7.71. The van der Waals surface area contributed by atoms with Crippen molar-refractivity contribution in [1.29, 1.82) is 0 Å². The van der Waals surface area contributed by atoms with Crippen molar-refractivity contribution in [3.05, 3.63) is 99.1 Å². The van der Waals surface area contributed by atoms with Gasteiger partial charge in [0.15, 0.2) is 0 Å². The van der Waals surface area contributed by atoms with Gasteiger partial charge in [0.1, 0.15) is 10.7 Å². The highest BCUT2D eigenvalue weighted by molar-refractivity contribution is 9.10. The molecule has 1 aliphatic heterocycles.